The predicted molar refractivity (Wildman–Crippen MR) is 69.8 cm³/mol. The molecule has 2 aromatic heterocycles. The molecule has 0 aromatic carbocycles. The van der Waals surface area contributed by atoms with Crippen LogP contribution in [0.3, 0.4) is 0 Å². The van der Waals surface area contributed by atoms with E-state index in [9.17, 15) is 0 Å². The van der Waals surface area contributed by atoms with Crippen molar-refractivity contribution in [2.75, 3.05) is 6.61 Å². The van der Waals surface area contributed by atoms with Gasteiger partial charge in [-0.2, -0.15) is 0 Å². The highest BCUT2D eigenvalue weighted by atomic mass is 32.1. The molecule has 3 N–H and O–H groups in total. The molecule has 0 aliphatic rings. The Hall–Kier alpha value is -1.17. The molecule has 2 rings (SSSR count). The molecule has 0 fully saturated rings. The predicted octanol–water partition coefficient (Wildman–Crippen LogP) is 1.71. The molecule has 5 heteroatoms. The number of aryl methyl sites for hydroxylation is 1. The van der Waals surface area contributed by atoms with Crippen molar-refractivity contribution in [3.8, 4) is 10.7 Å². The molecule has 0 saturated heterocycles. The lowest BCUT2D eigenvalue weighted by atomic mass is 10.0. The summed E-state index contributed by atoms with van der Waals surface area (Å²) in [6.07, 6.45) is 4.46. The maximum atomic E-state index is 9.13. The van der Waals surface area contributed by atoms with Gasteiger partial charge in [-0.05, 0) is 24.8 Å². The summed E-state index contributed by atoms with van der Waals surface area (Å²) in [6, 6.07) is 4.07. The molecular formula is C12H17N3OS. The van der Waals surface area contributed by atoms with E-state index in [1.165, 1.54) is 0 Å². The first-order valence-electron chi connectivity index (χ1n) is 5.57. The maximum Gasteiger partial charge on any atom is 0.149 e. The molecule has 17 heavy (non-hydrogen) atoms. The van der Waals surface area contributed by atoms with Crippen LogP contribution in [0, 0.1) is 0 Å². The van der Waals surface area contributed by atoms with Gasteiger partial charge in [0.2, 0.25) is 0 Å². The largest absolute Gasteiger partial charge is 0.394 e. The van der Waals surface area contributed by atoms with E-state index in [1.807, 2.05) is 24.6 Å². The molecule has 0 bridgehead atoms. The third-order valence-corrected chi connectivity index (χ3v) is 3.61. The van der Waals surface area contributed by atoms with E-state index in [4.69, 9.17) is 10.8 Å². The van der Waals surface area contributed by atoms with Gasteiger partial charge in [-0.15, -0.1) is 11.3 Å². The number of aromatic nitrogens is 2. The van der Waals surface area contributed by atoms with Crippen LogP contribution in [-0.2, 0) is 6.54 Å². The summed E-state index contributed by atoms with van der Waals surface area (Å²) < 4.78 is 2.08. The van der Waals surface area contributed by atoms with Crippen molar-refractivity contribution in [2.24, 2.45) is 5.73 Å². The monoisotopic (exact) mass is 251 g/mol. The minimum atomic E-state index is -0.531. The summed E-state index contributed by atoms with van der Waals surface area (Å²) in [6.45, 7) is 2.62. The smallest absolute Gasteiger partial charge is 0.149 e. The topological polar surface area (TPSA) is 64.1 Å². The zero-order valence-electron chi connectivity index (χ0n) is 9.84. The summed E-state index contributed by atoms with van der Waals surface area (Å²) in [5.41, 5.74) is 5.39. The molecule has 0 aliphatic carbocycles. The Morgan fingerprint density at radius 1 is 1.59 bits per heavy atom. The van der Waals surface area contributed by atoms with E-state index in [2.05, 4.69) is 15.6 Å². The Morgan fingerprint density at radius 2 is 2.41 bits per heavy atom. The second kappa shape index (κ2) is 5.00. The lowest BCUT2D eigenvalue weighted by Gasteiger charge is -2.22. The number of aliphatic hydroxyl groups is 1. The Kier molecular flexibility index (Phi) is 3.61. The van der Waals surface area contributed by atoms with Crippen LogP contribution in [0.15, 0.2) is 29.9 Å². The molecule has 2 aromatic rings. The Labute approximate surface area is 105 Å². The molecule has 1 atom stereocenters. The third-order valence-electron chi connectivity index (χ3n) is 2.74. The standard InChI is InChI=1S/C12H17N3OS/c1-12(13,9-16)4-6-15-7-5-14-11(15)10-3-2-8-17-10/h2-3,5,7-8,16H,4,6,9,13H2,1H3. The molecule has 0 saturated carbocycles. The molecule has 0 amide bonds. The first-order chi connectivity index (χ1) is 8.12. The lowest BCUT2D eigenvalue weighted by Crippen LogP contribution is -2.41. The van der Waals surface area contributed by atoms with Crippen molar-refractivity contribution >= 4 is 11.3 Å². The van der Waals surface area contributed by atoms with Gasteiger partial charge in [0, 0.05) is 24.5 Å². The van der Waals surface area contributed by atoms with Crippen LogP contribution in [0.2, 0.25) is 0 Å². The second-order valence-corrected chi connectivity index (χ2v) is 5.43. The number of imidazole rings is 1. The van der Waals surface area contributed by atoms with Crippen LogP contribution in [-0.4, -0.2) is 26.8 Å². The van der Waals surface area contributed by atoms with E-state index in [1.54, 1.807) is 17.5 Å². The number of nitrogens with zero attached hydrogens (tertiary/aromatic N) is 2. The fourth-order valence-corrected chi connectivity index (χ4v) is 2.31. The van der Waals surface area contributed by atoms with Crippen molar-refractivity contribution in [1.29, 1.82) is 0 Å². The van der Waals surface area contributed by atoms with Gasteiger partial charge >= 0.3 is 0 Å². The molecule has 0 spiro atoms. The van der Waals surface area contributed by atoms with E-state index in [0.717, 1.165) is 23.7 Å². The Bertz CT molecular complexity index is 462. The van der Waals surface area contributed by atoms with Gasteiger partial charge in [-0.25, -0.2) is 4.98 Å². The summed E-state index contributed by atoms with van der Waals surface area (Å²) >= 11 is 1.67. The minimum Gasteiger partial charge on any atom is -0.394 e. The van der Waals surface area contributed by atoms with E-state index in [0.29, 0.717) is 0 Å². The van der Waals surface area contributed by atoms with Crippen LogP contribution in [0.1, 0.15) is 13.3 Å². The summed E-state index contributed by atoms with van der Waals surface area (Å²) in [4.78, 5) is 5.51. The quantitative estimate of drug-likeness (QED) is 0.850. The van der Waals surface area contributed by atoms with Crippen molar-refractivity contribution in [3.63, 3.8) is 0 Å². The zero-order valence-corrected chi connectivity index (χ0v) is 10.7. The van der Waals surface area contributed by atoms with E-state index < -0.39 is 5.54 Å². The van der Waals surface area contributed by atoms with Gasteiger partial charge in [-0.3, -0.25) is 0 Å². The Morgan fingerprint density at radius 3 is 3.06 bits per heavy atom. The van der Waals surface area contributed by atoms with Gasteiger partial charge in [0.1, 0.15) is 5.82 Å². The second-order valence-electron chi connectivity index (χ2n) is 4.48. The van der Waals surface area contributed by atoms with Crippen molar-refractivity contribution in [2.45, 2.75) is 25.4 Å². The molecule has 0 radical (unpaired) electrons. The van der Waals surface area contributed by atoms with Gasteiger partial charge in [0.05, 0.1) is 11.5 Å². The summed E-state index contributed by atoms with van der Waals surface area (Å²) in [5.74, 6) is 0.966. The molecule has 0 aliphatic heterocycles. The van der Waals surface area contributed by atoms with Gasteiger partial charge in [-0.1, -0.05) is 6.07 Å². The highest BCUT2D eigenvalue weighted by Crippen LogP contribution is 2.23. The summed E-state index contributed by atoms with van der Waals surface area (Å²) in [7, 11) is 0. The number of hydrogen-bond acceptors (Lipinski definition) is 4. The first-order valence-corrected chi connectivity index (χ1v) is 6.45. The molecule has 2 heterocycles. The number of hydrogen-bond donors (Lipinski definition) is 2. The van der Waals surface area contributed by atoms with Crippen molar-refractivity contribution in [1.82, 2.24) is 9.55 Å². The van der Waals surface area contributed by atoms with E-state index in [-0.39, 0.29) is 6.61 Å². The minimum absolute atomic E-state index is 0.00394. The lowest BCUT2D eigenvalue weighted by molar-refractivity contribution is 0.195. The highest BCUT2D eigenvalue weighted by Gasteiger charge is 2.17. The number of aliphatic hydroxyl groups excluding tert-OH is 1. The third kappa shape index (κ3) is 2.94. The van der Waals surface area contributed by atoms with Crippen LogP contribution >= 0.6 is 11.3 Å². The number of rotatable bonds is 5. The van der Waals surface area contributed by atoms with E-state index >= 15 is 0 Å². The van der Waals surface area contributed by atoms with Gasteiger partial charge in [0.15, 0.2) is 0 Å². The van der Waals surface area contributed by atoms with Crippen molar-refractivity contribution in [3.05, 3.63) is 29.9 Å². The molecule has 1 unspecified atom stereocenters. The Balaban J connectivity index is 2.10. The first kappa shape index (κ1) is 12.3. The maximum absolute atomic E-state index is 9.13. The zero-order chi connectivity index (χ0) is 12.3. The average Bonchev–Trinajstić information content (AvgIpc) is 2.96. The molecule has 4 nitrogen and oxygen atoms in total. The average molecular weight is 251 g/mol. The van der Waals surface area contributed by atoms with Gasteiger partial charge in [0.25, 0.3) is 0 Å². The van der Waals surface area contributed by atoms with Crippen LogP contribution in [0.5, 0.6) is 0 Å². The highest BCUT2D eigenvalue weighted by molar-refractivity contribution is 7.13. The fraction of sp³-hybridized carbons (Fsp3) is 0.417. The van der Waals surface area contributed by atoms with Crippen LogP contribution in [0.4, 0.5) is 0 Å². The molecular weight excluding hydrogens is 234 g/mol. The SMILES string of the molecule is CC(N)(CO)CCn1ccnc1-c1cccs1. The normalized spacial score (nSPS) is 14.8. The number of nitrogens with two attached hydrogens (primary N) is 1. The number of thiophene rings is 1. The molecule has 92 valence electrons. The van der Waals surface area contributed by atoms with Crippen molar-refractivity contribution < 1.29 is 5.11 Å². The van der Waals surface area contributed by atoms with Crippen LogP contribution < -0.4 is 5.73 Å². The van der Waals surface area contributed by atoms with Crippen LogP contribution in [0.25, 0.3) is 10.7 Å². The van der Waals surface area contributed by atoms with Gasteiger partial charge < -0.3 is 15.4 Å². The summed E-state index contributed by atoms with van der Waals surface area (Å²) in [5, 5.41) is 11.2. The fourth-order valence-electron chi connectivity index (χ4n) is 1.58.